The van der Waals surface area contributed by atoms with E-state index >= 15 is 0 Å². The van der Waals surface area contributed by atoms with Gasteiger partial charge in [0.25, 0.3) is 0 Å². The summed E-state index contributed by atoms with van der Waals surface area (Å²) in [6, 6.07) is 21.8. The maximum Gasteiger partial charge on any atom is 0.127 e. The number of rotatable bonds is 10. The molecule has 0 heterocycles. The Bertz CT molecular complexity index is 993. The van der Waals surface area contributed by atoms with Gasteiger partial charge in [-0.05, 0) is 61.8 Å². The van der Waals surface area contributed by atoms with E-state index in [1.165, 1.54) is 0 Å². The first-order valence-electron chi connectivity index (χ1n) is 11.3. The molecule has 4 nitrogen and oxygen atoms in total. The molecule has 0 aliphatic rings. The monoisotopic (exact) mass is 433 g/mol. The molecule has 0 aliphatic heterocycles. The Kier molecular flexibility index (Phi) is 7.94. The Balaban J connectivity index is 1.96. The fourth-order valence-corrected chi connectivity index (χ4v) is 4.23. The topological polar surface area (TPSA) is 41.9 Å². The van der Waals surface area contributed by atoms with Gasteiger partial charge in [-0.2, -0.15) is 0 Å². The van der Waals surface area contributed by atoms with E-state index in [-0.39, 0.29) is 0 Å². The molecular weight excluding hydrogens is 398 g/mol. The molecular formula is C28H35NO3. The van der Waals surface area contributed by atoms with Gasteiger partial charge in [0.15, 0.2) is 0 Å². The molecule has 0 spiro atoms. The standard InChI is InChI=1S/C28H35NO3/c1-6-29(7-2)19-20-32-24-16-14-22(15-17-24)26-25(31-5)18-13-21(3)27(26)28(4,30)23-11-9-8-10-12-23/h8-18,30H,6-7,19-20H2,1-5H3. The number of hydrogen-bond acceptors (Lipinski definition) is 4. The van der Waals surface area contributed by atoms with E-state index in [4.69, 9.17) is 9.47 Å². The lowest BCUT2D eigenvalue weighted by Crippen LogP contribution is -2.27. The first-order chi connectivity index (χ1) is 15.4. The Hall–Kier alpha value is -2.82. The van der Waals surface area contributed by atoms with E-state index < -0.39 is 5.60 Å². The summed E-state index contributed by atoms with van der Waals surface area (Å²) in [7, 11) is 1.67. The molecule has 1 atom stereocenters. The lowest BCUT2D eigenvalue weighted by Gasteiger charge is -2.30. The SMILES string of the molecule is CCN(CC)CCOc1ccc(-c2c(OC)ccc(C)c2C(C)(O)c2ccccc2)cc1. The lowest BCUT2D eigenvalue weighted by atomic mass is 9.80. The molecule has 3 aromatic rings. The van der Waals surface area contributed by atoms with Gasteiger partial charge in [0, 0.05) is 17.7 Å². The Morgan fingerprint density at radius 1 is 0.906 bits per heavy atom. The smallest absolute Gasteiger partial charge is 0.127 e. The van der Waals surface area contributed by atoms with Gasteiger partial charge in [0.05, 0.1) is 7.11 Å². The summed E-state index contributed by atoms with van der Waals surface area (Å²) in [6.07, 6.45) is 0. The van der Waals surface area contributed by atoms with Gasteiger partial charge >= 0.3 is 0 Å². The molecule has 1 N–H and O–H groups in total. The summed E-state index contributed by atoms with van der Waals surface area (Å²) < 4.78 is 11.7. The number of ether oxygens (including phenoxy) is 2. The van der Waals surface area contributed by atoms with Crippen LogP contribution in [0.25, 0.3) is 11.1 Å². The first-order valence-corrected chi connectivity index (χ1v) is 11.3. The Morgan fingerprint density at radius 3 is 2.16 bits per heavy atom. The van der Waals surface area contributed by atoms with Gasteiger partial charge in [-0.1, -0.05) is 62.4 Å². The van der Waals surface area contributed by atoms with Crippen molar-refractivity contribution in [2.24, 2.45) is 0 Å². The predicted molar refractivity (Wildman–Crippen MR) is 132 cm³/mol. The molecule has 1 unspecified atom stereocenters. The molecule has 0 aliphatic carbocycles. The maximum atomic E-state index is 11.7. The van der Waals surface area contributed by atoms with Gasteiger partial charge in [-0.15, -0.1) is 0 Å². The summed E-state index contributed by atoms with van der Waals surface area (Å²) >= 11 is 0. The van der Waals surface area contributed by atoms with Crippen LogP contribution in [0.3, 0.4) is 0 Å². The van der Waals surface area contributed by atoms with Gasteiger partial charge in [-0.3, -0.25) is 0 Å². The van der Waals surface area contributed by atoms with Gasteiger partial charge in [-0.25, -0.2) is 0 Å². The number of methoxy groups -OCH3 is 1. The van der Waals surface area contributed by atoms with Crippen LogP contribution in [0.1, 0.15) is 37.5 Å². The van der Waals surface area contributed by atoms with Crippen molar-refractivity contribution in [3.05, 3.63) is 83.4 Å². The van der Waals surface area contributed by atoms with Crippen molar-refractivity contribution in [1.29, 1.82) is 0 Å². The molecule has 0 fully saturated rings. The van der Waals surface area contributed by atoms with Crippen LogP contribution in [-0.4, -0.2) is 43.4 Å². The number of benzene rings is 3. The molecule has 32 heavy (non-hydrogen) atoms. The van der Waals surface area contributed by atoms with Gasteiger partial charge in [0.1, 0.15) is 23.7 Å². The molecule has 0 radical (unpaired) electrons. The number of aryl methyl sites for hydroxylation is 1. The van der Waals surface area contributed by atoms with Crippen molar-refractivity contribution in [3.8, 4) is 22.6 Å². The van der Waals surface area contributed by atoms with Crippen LogP contribution in [0.5, 0.6) is 11.5 Å². The second-order valence-electron chi connectivity index (χ2n) is 8.17. The second kappa shape index (κ2) is 10.7. The zero-order valence-corrected chi connectivity index (χ0v) is 19.9. The summed E-state index contributed by atoms with van der Waals surface area (Å²) in [5.41, 5.74) is 3.40. The van der Waals surface area contributed by atoms with E-state index in [2.05, 4.69) is 18.7 Å². The fourth-order valence-electron chi connectivity index (χ4n) is 4.23. The highest BCUT2D eigenvalue weighted by Gasteiger charge is 2.32. The van der Waals surface area contributed by atoms with Gasteiger partial charge < -0.3 is 19.5 Å². The quantitative estimate of drug-likeness (QED) is 0.449. The number of aliphatic hydroxyl groups is 1. The summed E-state index contributed by atoms with van der Waals surface area (Å²) in [5, 5.41) is 11.7. The van der Waals surface area contributed by atoms with E-state index in [1.54, 1.807) is 7.11 Å². The number of likely N-dealkylation sites (N-methyl/N-ethyl adjacent to an activating group) is 1. The third kappa shape index (κ3) is 5.14. The first kappa shape index (κ1) is 23.8. The minimum Gasteiger partial charge on any atom is -0.496 e. The zero-order valence-electron chi connectivity index (χ0n) is 19.9. The third-order valence-electron chi connectivity index (χ3n) is 6.13. The molecule has 0 amide bonds. The second-order valence-corrected chi connectivity index (χ2v) is 8.17. The largest absolute Gasteiger partial charge is 0.496 e. The van der Waals surface area contributed by atoms with E-state index in [0.29, 0.717) is 6.61 Å². The molecule has 0 aromatic heterocycles. The average Bonchev–Trinajstić information content (AvgIpc) is 2.82. The van der Waals surface area contributed by atoms with Crippen LogP contribution in [0.15, 0.2) is 66.7 Å². The van der Waals surface area contributed by atoms with Crippen LogP contribution in [0.4, 0.5) is 0 Å². The predicted octanol–water partition coefficient (Wildman–Crippen LogP) is 5.65. The Labute approximate surface area is 192 Å². The molecule has 3 rings (SSSR count). The lowest BCUT2D eigenvalue weighted by molar-refractivity contribution is 0.102. The van der Waals surface area contributed by atoms with Crippen molar-refractivity contribution in [1.82, 2.24) is 4.90 Å². The van der Waals surface area contributed by atoms with Crippen LogP contribution in [0.2, 0.25) is 0 Å². The molecule has 4 heteroatoms. The average molecular weight is 434 g/mol. The number of nitrogens with zero attached hydrogens (tertiary/aromatic N) is 1. The van der Waals surface area contributed by atoms with Gasteiger partial charge in [0.2, 0.25) is 0 Å². The highest BCUT2D eigenvalue weighted by molar-refractivity contribution is 5.77. The summed E-state index contributed by atoms with van der Waals surface area (Å²) in [6.45, 7) is 11.8. The van der Waals surface area contributed by atoms with Crippen LogP contribution in [-0.2, 0) is 5.60 Å². The molecule has 0 saturated heterocycles. The van der Waals surface area contributed by atoms with Crippen molar-refractivity contribution >= 4 is 0 Å². The molecule has 3 aromatic carbocycles. The van der Waals surface area contributed by atoms with E-state index in [1.807, 2.05) is 80.6 Å². The van der Waals surface area contributed by atoms with Crippen LogP contribution < -0.4 is 9.47 Å². The number of hydrogen-bond donors (Lipinski definition) is 1. The minimum atomic E-state index is -1.17. The summed E-state index contributed by atoms with van der Waals surface area (Å²) in [5.74, 6) is 1.57. The van der Waals surface area contributed by atoms with Crippen molar-refractivity contribution < 1.29 is 14.6 Å². The summed E-state index contributed by atoms with van der Waals surface area (Å²) in [4.78, 5) is 2.34. The van der Waals surface area contributed by atoms with Crippen molar-refractivity contribution in [2.45, 2.75) is 33.3 Å². The molecule has 0 bridgehead atoms. The highest BCUT2D eigenvalue weighted by Crippen LogP contribution is 2.43. The third-order valence-corrected chi connectivity index (χ3v) is 6.13. The maximum absolute atomic E-state index is 11.7. The van der Waals surface area contributed by atoms with Crippen molar-refractivity contribution in [3.63, 3.8) is 0 Å². The van der Waals surface area contributed by atoms with Crippen LogP contribution in [0, 0.1) is 6.92 Å². The minimum absolute atomic E-state index is 0.656. The van der Waals surface area contributed by atoms with E-state index in [9.17, 15) is 5.11 Å². The fraction of sp³-hybridized carbons (Fsp3) is 0.357. The van der Waals surface area contributed by atoms with Crippen molar-refractivity contribution in [2.75, 3.05) is 33.4 Å². The zero-order chi connectivity index (χ0) is 23.1. The highest BCUT2D eigenvalue weighted by atomic mass is 16.5. The Morgan fingerprint density at radius 2 is 1.56 bits per heavy atom. The molecule has 0 saturated carbocycles. The molecule has 170 valence electrons. The van der Waals surface area contributed by atoms with Crippen LogP contribution >= 0.6 is 0 Å². The normalized spacial score (nSPS) is 13.1. The van der Waals surface area contributed by atoms with E-state index in [0.717, 1.165) is 59.0 Å².